The zero-order chi connectivity index (χ0) is 17.0. The third-order valence-electron chi connectivity index (χ3n) is 2.81. The Balaban J connectivity index is 4.17. The van der Waals surface area contributed by atoms with E-state index in [0.29, 0.717) is 17.4 Å². The molecule has 0 aliphatic heterocycles. The maximum atomic E-state index is 11.8. The van der Waals surface area contributed by atoms with E-state index in [1.807, 2.05) is 33.3 Å². The standard InChI is InChI=1S/C17H29NO4/c1-5-6-7-8-9-10-11-12-17(21)22-15(13-16(19)20)14-18(2,3)4/h6-7,9-10,15H,5,8,11-14H2,1-4H3/p+1/b7-6+,10-9+. The summed E-state index contributed by atoms with van der Waals surface area (Å²) in [5.74, 6) is -1.29. The largest absolute Gasteiger partial charge is 0.481 e. The van der Waals surface area contributed by atoms with E-state index in [1.165, 1.54) is 0 Å². The van der Waals surface area contributed by atoms with Crippen LogP contribution in [0, 0.1) is 0 Å². The normalized spacial score (nSPS) is 13.6. The number of allylic oxidation sites excluding steroid dienone is 4. The monoisotopic (exact) mass is 312 g/mol. The first-order chi connectivity index (χ1) is 10.2. The van der Waals surface area contributed by atoms with Crippen LogP contribution in [0.3, 0.4) is 0 Å². The summed E-state index contributed by atoms with van der Waals surface area (Å²) in [5, 5.41) is 8.89. The van der Waals surface area contributed by atoms with Crippen molar-refractivity contribution in [3.05, 3.63) is 24.3 Å². The molecule has 0 spiro atoms. The smallest absolute Gasteiger partial charge is 0.307 e. The molecule has 0 radical (unpaired) electrons. The number of carboxylic acids is 1. The SMILES string of the molecule is CC/C=C/C/C=C/CCC(=O)OC(CC(=O)O)C[N+](C)(C)C. The van der Waals surface area contributed by atoms with Crippen LogP contribution in [0.15, 0.2) is 24.3 Å². The quantitative estimate of drug-likeness (QED) is 0.362. The highest BCUT2D eigenvalue weighted by molar-refractivity contribution is 5.71. The maximum Gasteiger partial charge on any atom is 0.307 e. The van der Waals surface area contributed by atoms with Crippen molar-refractivity contribution in [1.29, 1.82) is 0 Å². The van der Waals surface area contributed by atoms with Gasteiger partial charge < -0.3 is 14.3 Å². The van der Waals surface area contributed by atoms with Crippen LogP contribution in [0.2, 0.25) is 0 Å². The van der Waals surface area contributed by atoms with Gasteiger partial charge in [-0.15, -0.1) is 0 Å². The molecule has 0 aliphatic rings. The molecule has 1 N–H and O–H groups in total. The summed E-state index contributed by atoms with van der Waals surface area (Å²) in [6.45, 7) is 2.57. The van der Waals surface area contributed by atoms with Crippen molar-refractivity contribution in [3.8, 4) is 0 Å². The number of carbonyl (C=O) groups is 2. The van der Waals surface area contributed by atoms with Gasteiger partial charge in [-0.05, 0) is 19.3 Å². The minimum atomic E-state index is -0.950. The van der Waals surface area contributed by atoms with Crippen molar-refractivity contribution in [3.63, 3.8) is 0 Å². The molecular formula is C17H30NO4+. The van der Waals surface area contributed by atoms with E-state index in [9.17, 15) is 9.59 Å². The summed E-state index contributed by atoms with van der Waals surface area (Å²) in [6.07, 6.45) is 10.2. The molecule has 0 saturated carbocycles. The van der Waals surface area contributed by atoms with Crippen molar-refractivity contribution in [2.45, 2.75) is 45.1 Å². The number of esters is 1. The summed E-state index contributed by atoms with van der Waals surface area (Å²) in [5.41, 5.74) is 0. The molecular weight excluding hydrogens is 282 g/mol. The first kappa shape index (κ1) is 20.4. The minimum Gasteiger partial charge on any atom is -0.481 e. The van der Waals surface area contributed by atoms with Crippen molar-refractivity contribution in [2.24, 2.45) is 0 Å². The Hall–Kier alpha value is -1.62. The van der Waals surface area contributed by atoms with Gasteiger partial charge in [0.05, 0.1) is 27.6 Å². The lowest BCUT2D eigenvalue weighted by molar-refractivity contribution is -0.873. The summed E-state index contributed by atoms with van der Waals surface area (Å²) in [7, 11) is 5.82. The molecule has 0 bridgehead atoms. The van der Waals surface area contributed by atoms with E-state index in [4.69, 9.17) is 9.84 Å². The second-order valence-electron chi connectivity index (χ2n) is 6.31. The first-order valence-corrected chi connectivity index (χ1v) is 7.76. The van der Waals surface area contributed by atoms with Crippen LogP contribution in [-0.4, -0.2) is 55.3 Å². The van der Waals surface area contributed by atoms with Gasteiger partial charge in [-0.25, -0.2) is 0 Å². The van der Waals surface area contributed by atoms with Gasteiger partial charge in [0.15, 0.2) is 6.10 Å². The lowest BCUT2D eigenvalue weighted by atomic mass is 10.2. The Kier molecular flexibility index (Phi) is 10.2. The van der Waals surface area contributed by atoms with Crippen LogP contribution in [0.25, 0.3) is 0 Å². The second kappa shape index (κ2) is 11.0. The topological polar surface area (TPSA) is 63.6 Å². The predicted molar refractivity (Wildman–Crippen MR) is 87.5 cm³/mol. The highest BCUT2D eigenvalue weighted by Crippen LogP contribution is 2.07. The molecule has 0 aromatic carbocycles. The molecule has 0 aromatic rings. The second-order valence-corrected chi connectivity index (χ2v) is 6.31. The molecule has 1 atom stereocenters. The highest BCUT2D eigenvalue weighted by Gasteiger charge is 2.24. The molecule has 0 heterocycles. The number of hydrogen-bond donors (Lipinski definition) is 1. The van der Waals surface area contributed by atoms with Crippen LogP contribution < -0.4 is 0 Å². The van der Waals surface area contributed by atoms with E-state index < -0.39 is 12.1 Å². The zero-order valence-electron chi connectivity index (χ0n) is 14.2. The Labute approximate surface area is 133 Å². The summed E-state index contributed by atoms with van der Waals surface area (Å²) in [6, 6.07) is 0. The van der Waals surface area contributed by atoms with Gasteiger partial charge >= 0.3 is 11.9 Å². The van der Waals surface area contributed by atoms with Gasteiger partial charge in [-0.2, -0.15) is 0 Å². The molecule has 0 saturated heterocycles. The number of nitrogens with zero attached hydrogens (tertiary/aromatic N) is 1. The fourth-order valence-corrected chi connectivity index (χ4v) is 1.95. The average molecular weight is 312 g/mol. The third kappa shape index (κ3) is 13.4. The number of ether oxygens (including phenoxy) is 1. The fraction of sp³-hybridized carbons (Fsp3) is 0.647. The van der Waals surface area contributed by atoms with E-state index in [2.05, 4.69) is 19.1 Å². The molecule has 22 heavy (non-hydrogen) atoms. The Morgan fingerprint density at radius 3 is 2.32 bits per heavy atom. The van der Waals surface area contributed by atoms with Gasteiger partial charge in [0.1, 0.15) is 6.54 Å². The summed E-state index contributed by atoms with van der Waals surface area (Å²) in [4.78, 5) is 22.6. The maximum absolute atomic E-state index is 11.8. The Morgan fingerprint density at radius 2 is 1.77 bits per heavy atom. The number of hydrogen-bond acceptors (Lipinski definition) is 3. The van der Waals surface area contributed by atoms with Crippen molar-refractivity contribution in [2.75, 3.05) is 27.7 Å². The summed E-state index contributed by atoms with van der Waals surface area (Å²) < 4.78 is 5.85. The van der Waals surface area contributed by atoms with Crippen LogP contribution in [0.5, 0.6) is 0 Å². The molecule has 0 aromatic heterocycles. The lowest BCUT2D eigenvalue weighted by Gasteiger charge is -2.28. The van der Waals surface area contributed by atoms with Crippen molar-refractivity contribution < 1.29 is 23.9 Å². The van der Waals surface area contributed by atoms with Crippen LogP contribution in [0.4, 0.5) is 0 Å². The average Bonchev–Trinajstić information content (AvgIpc) is 2.34. The predicted octanol–water partition coefficient (Wildman–Crippen LogP) is 2.77. The molecule has 1 unspecified atom stereocenters. The van der Waals surface area contributed by atoms with Crippen LogP contribution in [-0.2, 0) is 14.3 Å². The van der Waals surface area contributed by atoms with Crippen molar-refractivity contribution >= 4 is 11.9 Å². The Bertz CT molecular complexity index is 394. The van der Waals surface area contributed by atoms with E-state index in [1.54, 1.807) is 0 Å². The Morgan fingerprint density at radius 1 is 1.14 bits per heavy atom. The number of quaternary nitrogens is 1. The minimum absolute atomic E-state index is 0.154. The van der Waals surface area contributed by atoms with Gasteiger partial charge in [0.2, 0.25) is 0 Å². The molecule has 5 heteroatoms. The molecule has 5 nitrogen and oxygen atoms in total. The van der Waals surface area contributed by atoms with Crippen LogP contribution in [0.1, 0.15) is 39.0 Å². The number of carboxylic acid groups (broad SMARTS) is 1. The van der Waals surface area contributed by atoms with Crippen LogP contribution >= 0.6 is 0 Å². The molecule has 0 aliphatic carbocycles. The lowest BCUT2D eigenvalue weighted by Crippen LogP contribution is -2.43. The number of carbonyl (C=O) groups excluding carboxylic acids is 1. The highest BCUT2D eigenvalue weighted by atomic mass is 16.5. The van der Waals surface area contributed by atoms with Gasteiger partial charge in [-0.3, -0.25) is 9.59 Å². The third-order valence-corrected chi connectivity index (χ3v) is 2.81. The summed E-state index contributed by atoms with van der Waals surface area (Å²) >= 11 is 0. The number of aliphatic carboxylic acids is 1. The molecule has 126 valence electrons. The fourth-order valence-electron chi connectivity index (χ4n) is 1.95. The molecule has 0 rings (SSSR count). The molecule has 0 fully saturated rings. The van der Waals surface area contributed by atoms with Gasteiger partial charge in [-0.1, -0.05) is 31.2 Å². The van der Waals surface area contributed by atoms with E-state index in [-0.39, 0.29) is 18.8 Å². The first-order valence-electron chi connectivity index (χ1n) is 7.76. The van der Waals surface area contributed by atoms with E-state index >= 15 is 0 Å². The van der Waals surface area contributed by atoms with Gasteiger partial charge in [0, 0.05) is 6.42 Å². The van der Waals surface area contributed by atoms with E-state index in [0.717, 1.165) is 12.8 Å². The van der Waals surface area contributed by atoms with Gasteiger partial charge in [0.25, 0.3) is 0 Å². The molecule has 0 amide bonds. The number of likely N-dealkylation sites (N-methyl/N-ethyl adjacent to an activating group) is 1. The number of rotatable bonds is 11. The zero-order valence-corrected chi connectivity index (χ0v) is 14.2. The van der Waals surface area contributed by atoms with Crippen molar-refractivity contribution in [1.82, 2.24) is 0 Å².